The predicted molar refractivity (Wildman–Crippen MR) is 71.1 cm³/mol. The Hall–Kier alpha value is -1.38. The van der Waals surface area contributed by atoms with Crippen molar-refractivity contribution >= 4 is 0 Å². The minimum absolute atomic E-state index is 0.213. The smallest absolute Gasteiger partial charge is 0.248 e. The van der Waals surface area contributed by atoms with Gasteiger partial charge in [0.2, 0.25) is 5.79 Å². The van der Waals surface area contributed by atoms with Gasteiger partial charge >= 0.3 is 0 Å². The van der Waals surface area contributed by atoms with Crippen LogP contribution in [0.4, 0.5) is 0 Å². The first-order valence-corrected chi connectivity index (χ1v) is 6.84. The summed E-state index contributed by atoms with van der Waals surface area (Å²) in [6.07, 6.45) is 7.04. The summed E-state index contributed by atoms with van der Waals surface area (Å²) in [6.45, 7) is 4.18. The molecule has 2 rings (SSSR count). The molecule has 3 heteroatoms. The molecule has 0 aliphatic carbocycles. The van der Waals surface area contributed by atoms with Crippen LogP contribution in [-0.4, -0.2) is 10.9 Å². The summed E-state index contributed by atoms with van der Waals surface area (Å²) in [6, 6.07) is 4.99. The van der Waals surface area contributed by atoms with Gasteiger partial charge in [-0.2, -0.15) is 0 Å². The molecule has 1 aromatic rings. The number of fused-ring (bicyclic) bond motifs is 1. The number of rotatable bonds is 6. The monoisotopic (exact) mass is 250 g/mol. The highest BCUT2D eigenvalue weighted by Gasteiger charge is 2.36. The largest absolute Gasteiger partial charge is 0.508 e. The molecule has 0 saturated heterocycles. The highest BCUT2D eigenvalue weighted by atomic mass is 16.7. The summed E-state index contributed by atoms with van der Waals surface area (Å²) < 4.78 is 11.6. The van der Waals surface area contributed by atoms with Crippen molar-refractivity contribution in [3.8, 4) is 17.2 Å². The molecule has 0 bridgehead atoms. The van der Waals surface area contributed by atoms with Gasteiger partial charge in [-0.25, -0.2) is 0 Å². The zero-order valence-electron chi connectivity index (χ0n) is 11.2. The van der Waals surface area contributed by atoms with E-state index in [2.05, 4.69) is 6.92 Å². The second-order valence-corrected chi connectivity index (χ2v) is 5.13. The number of aromatic hydroxyl groups is 1. The van der Waals surface area contributed by atoms with Crippen molar-refractivity contribution < 1.29 is 14.6 Å². The normalized spacial score (nSPS) is 21.2. The van der Waals surface area contributed by atoms with Crippen LogP contribution in [0.25, 0.3) is 0 Å². The molecule has 0 saturated carbocycles. The Bertz CT molecular complexity index is 403. The second-order valence-electron chi connectivity index (χ2n) is 5.13. The van der Waals surface area contributed by atoms with Crippen LogP contribution in [0.5, 0.6) is 17.2 Å². The van der Waals surface area contributed by atoms with E-state index in [-0.39, 0.29) is 5.75 Å². The molecule has 0 aromatic heterocycles. The number of phenolic OH excluding ortho intramolecular Hbond substituents is 1. The number of ether oxygens (including phenoxy) is 2. The molecule has 1 unspecified atom stereocenters. The van der Waals surface area contributed by atoms with Crippen LogP contribution in [0, 0.1) is 0 Å². The van der Waals surface area contributed by atoms with Crippen LogP contribution >= 0.6 is 0 Å². The van der Waals surface area contributed by atoms with Crippen molar-refractivity contribution in [1.82, 2.24) is 0 Å². The summed E-state index contributed by atoms with van der Waals surface area (Å²) in [7, 11) is 0. The number of hydrogen-bond acceptors (Lipinski definition) is 3. The molecule has 18 heavy (non-hydrogen) atoms. The molecule has 1 aliphatic heterocycles. The van der Waals surface area contributed by atoms with E-state index in [0.29, 0.717) is 5.75 Å². The Morgan fingerprint density at radius 2 is 1.78 bits per heavy atom. The topological polar surface area (TPSA) is 38.7 Å². The van der Waals surface area contributed by atoms with E-state index >= 15 is 0 Å². The van der Waals surface area contributed by atoms with Crippen molar-refractivity contribution in [2.75, 3.05) is 0 Å². The minimum atomic E-state index is -0.567. The van der Waals surface area contributed by atoms with E-state index in [1.165, 1.54) is 25.7 Å². The fourth-order valence-corrected chi connectivity index (χ4v) is 2.30. The summed E-state index contributed by atoms with van der Waals surface area (Å²) in [4.78, 5) is 0. The highest BCUT2D eigenvalue weighted by Crippen LogP contribution is 2.42. The molecular formula is C15H22O3. The summed E-state index contributed by atoms with van der Waals surface area (Å²) in [5.74, 6) is 1.02. The first kappa shape index (κ1) is 13.1. The lowest BCUT2D eigenvalue weighted by Gasteiger charge is -2.22. The number of hydrogen-bond donors (Lipinski definition) is 1. The van der Waals surface area contributed by atoms with Gasteiger partial charge in [-0.15, -0.1) is 0 Å². The maximum atomic E-state index is 9.40. The third-order valence-electron chi connectivity index (χ3n) is 3.31. The lowest BCUT2D eigenvalue weighted by molar-refractivity contribution is -0.0696. The van der Waals surface area contributed by atoms with E-state index < -0.39 is 5.79 Å². The lowest BCUT2D eigenvalue weighted by Crippen LogP contribution is -2.34. The fourth-order valence-electron chi connectivity index (χ4n) is 2.30. The van der Waals surface area contributed by atoms with Gasteiger partial charge in [0, 0.05) is 19.4 Å². The molecule has 3 nitrogen and oxygen atoms in total. The van der Waals surface area contributed by atoms with Crippen molar-refractivity contribution in [1.29, 1.82) is 0 Å². The average Bonchev–Trinajstić information content (AvgIpc) is 2.65. The van der Waals surface area contributed by atoms with Crippen molar-refractivity contribution in [2.24, 2.45) is 0 Å². The zero-order chi connectivity index (χ0) is 13.0. The van der Waals surface area contributed by atoms with E-state index in [4.69, 9.17) is 9.47 Å². The standard InChI is InChI=1S/C15H22O3/c1-3-4-5-6-7-10-15(2)17-13-9-8-12(16)11-14(13)18-15/h8-9,11,16H,3-7,10H2,1-2H3. The Labute approximate surface area is 109 Å². The van der Waals surface area contributed by atoms with Crippen LogP contribution in [-0.2, 0) is 0 Å². The van der Waals surface area contributed by atoms with E-state index in [0.717, 1.165) is 18.6 Å². The summed E-state index contributed by atoms with van der Waals surface area (Å²) in [5, 5.41) is 9.40. The molecular weight excluding hydrogens is 228 g/mol. The average molecular weight is 250 g/mol. The maximum Gasteiger partial charge on any atom is 0.248 e. The van der Waals surface area contributed by atoms with Gasteiger partial charge < -0.3 is 14.6 Å². The van der Waals surface area contributed by atoms with Crippen LogP contribution in [0.2, 0.25) is 0 Å². The summed E-state index contributed by atoms with van der Waals surface area (Å²) >= 11 is 0. The van der Waals surface area contributed by atoms with Gasteiger partial charge in [-0.05, 0) is 18.6 Å². The SMILES string of the molecule is CCCCCCCC1(C)Oc2ccc(O)cc2O1. The van der Waals surface area contributed by atoms with Crippen LogP contribution in [0.3, 0.4) is 0 Å². The van der Waals surface area contributed by atoms with Gasteiger partial charge in [-0.3, -0.25) is 0 Å². The van der Waals surface area contributed by atoms with Crippen LogP contribution < -0.4 is 9.47 Å². The van der Waals surface area contributed by atoms with E-state index in [1.807, 2.05) is 6.92 Å². The molecule has 1 N–H and O–H groups in total. The highest BCUT2D eigenvalue weighted by molar-refractivity contribution is 5.47. The lowest BCUT2D eigenvalue weighted by atomic mass is 10.1. The number of unbranched alkanes of at least 4 members (excludes halogenated alkanes) is 4. The Morgan fingerprint density at radius 1 is 1.06 bits per heavy atom. The van der Waals surface area contributed by atoms with Gasteiger partial charge in [0.05, 0.1) is 0 Å². The molecule has 0 fully saturated rings. The van der Waals surface area contributed by atoms with Gasteiger partial charge in [-0.1, -0.05) is 32.6 Å². The van der Waals surface area contributed by atoms with Crippen molar-refractivity contribution in [3.05, 3.63) is 18.2 Å². The van der Waals surface area contributed by atoms with Gasteiger partial charge in [0.25, 0.3) is 0 Å². The predicted octanol–water partition coefficient (Wildman–Crippen LogP) is 4.24. The minimum Gasteiger partial charge on any atom is -0.508 e. The zero-order valence-corrected chi connectivity index (χ0v) is 11.2. The third-order valence-corrected chi connectivity index (χ3v) is 3.31. The second kappa shape index (κ2) is 5.51. The molecule has 1 heterocycles. The van der Waals surface area contributed by atoms with Crippen LogP contribution in [0.15, 0.2) is 18.2 Å². The van der Waals surface area contributed by atoms with Crippen molar-refractivity contribution in [2.45, 2.75) is 58.2 Å². The Balaban J connectivity index is 1.84. The van der Waals surface area contributed by atoms with Gasteiger partial charge in [0.1, 0.15) is 5.75 Å². The van der Waals surface area contributed by atoms with E-state index in [1.54, 1.807) is 18.2 Å². The van der Waals surface area contributed by atoms with E-state index in [9.17, 15) is 5.11 Å². The molecule has 1 aromatic carbocycles. The number of benzene rings is 1. The molecule has 0 spiro atoms. The molecule has 1 aliphatic rings. The maximum absolute atomic E-state index is 9.40. The molecule has 100 valence electrons. The first-order chi connectivity index (χ1) is 8.63. The molecule has 1 atom stereocenters. The molecule has 0 amide bonds. The summed E-state index contributed by atoms with van der Waals surface area (Å²) in [5.41, 5.74) is 0. The van der Waals surface area contributed by atoms with Crippen molar-refractivity contribution in [3.63, 3.8) is 0 Å². The third kappa shape index (κ3) is 3.09. The quantitative estimate of drug-likeness (QED) is 0.767. The Kier molecular flexibility index (Phi) is 4.00. The molecule has 0 radical (unpaired) electrons. The Morgan fingerprint density at radius 3 is 2.56 bits per heavy atom. The van der Waals surface area contributed by atoms with Crippen LogP contribution in [0.1, 0.15) is 52.4 Å². The van der Waals surface area contributed by atoms with Gasteiger partial charge in [0.15, 0.2) is 11.5 Å². The number of phenols is 1. The first-order valence-electron chi connectivity index (χ1n) is 6.84. The fraction of sp³-hybridized carbons (Fsp3) is 0.600.